The number of aliphatic hydroxyl groups excluding tert-OH is 1. The normalized spacial score (nSPS) is 9.27. The summed E-state index contributed by atoms with van der Waals surface area (Å²) in [4.78, 5) is 0. The van der Waals surface area contributed by atoms with Crippen molar-refractivity contribution in [2.75, 3.05) is 6.61 Å². The van der Waals surface area contributed by atoms with Crippen molar-refractivity contribution < 1.29 is 14.2 Å². The Morgan fingerprint density at radius 2 is 2.27 bits per heavy atom. The number of hydrogen-bond acceptors (Lipinski definition) is 2. The molecule has 0 spiro atoms. The van der Waals surface area contributed by atoms with Gasteiger partial charge < -0.3 is 9.84 Å². The highest BCUT2D eigenvalue weighted by Gasteiger charge is 2.03. The van der Waals surface area contributed by atoms with Crippen LogP contribution in [-0.2, 0) is 6.61 Å². The van der Waals surface area contributed by atoms with E-state index < -0.39 is 0 Å². The molecule has 0 radical (unpaired) electrons. The molecule has 0 aliphatic rings. The average Bonchev–Trinajstić information content (AvgIpc) is 2.26. The van der Waals surface area contributed by atoms with E-state index in [0.717, 1.165) is 0 Å². The molecule has 15 heavy (non-hydrogen) atoms. The lowest BCUT2D eigenvalue weighted by Crippen LogP contribution is -2.00. The van der Waals surface area contributed by atoms with Crippen LogP contribution in [0, 0.1) is 17.7 Å². The van der Waals surface area contributed by atoms with Crippen LogP contribution in [0.1, 0.15) is 18.9 Å². The van der Waals surface area contributed by atoms with E-state index >= 15 is 0 Å². The maximum Gasteiger partial charge on any atom is 0.125 e. The smallest absolute Gasteiger partial charge is 0.125 e. The van der Waals surface area contributed by atoms with Gasteiger partial charge >= 0.3 is 0 Å². The third-order valence-electron chi connectivity index (χ3n) is 1.85. The summed E-state index contributed by atoms with van der Waals surface area (Å²) in [6.07, 6.45) is 0.624. The van der Waals surface area contributed by atoms with Gasteiger partial charge in [0, 0.05) is 12.0 Å². The Balaban J connectivity index is 2.62. The Labute approximate surface area is 88.7 Å². The van der Waals surface area contributed by atoms with Gasteiger partial charge in [0.2, 0.25) is 0 Å². The molecule has 0 amide bonds. The Hall–Kier alpha value is -1.53. The van der Waals surface area contributed by atoms with Crippen molar-refractivity contribution in [3.8, 4) is 17.6 Å². The van der Waals surface area contributed by atoms with Gasteiger partial charge in [-0.25, -0.2) is 4.39 Å². The molecule has 80 valence electrons. The molecule has 2 nitrogen and oxygen atoms in total. The highest BCUT2D eigenvalue weighted by atomic mass is 19.1. The monoisotopic (exact) mass is 208 g/mol. The SMILES string of the molecule is CC#CCCOc1ccc(F)cc1CO. The highest BCUT2D eigenvalue weighted by molar-refractivity contribution is 5.33. The van der Waals surface area contributed by atoms with Gasteiger partial charge in [0.05, 0.1) is 13.2 Å². The summed E-state index contributed by atoms with van der Waals surface area (Å²) < 4.78 is 18.1. The maximum atomic E-state index is 12.8. The van der Waals surface area contributed by atoms with Crippen LogP contribution < -0.4 is 4.74 Å². The molecular weight excluding hydrogens is 195 g/mol. The van der Waals surface area contributed by atoms with Crippen LogP contribution in [0.5, 0.6) is 5.75 Å². The summed E-state index contributed by atoms with van der Waals surface area (Å²) in [5, 5.41) is 8.97. The summed E-state index contributed by atoms with van der Waals surface area (Å²) in [6, 6.07) is 4.08. The highest BCUT2D eigenvalue weighted by Crippen LogP contribution is 2.19. The summed E-state index contributed by atoms with van der Waals surface area (Å²) in [7, 11) is 0. The second kappa shape index (κ2) is 6.05. The number of benzene rings is 1. The zero-order valence-electron chi connectivity index (χ0n) is 8.59. The minimum Gasteiger partial charge on any atom is -0.492 e. The zero-order valence-corrected chi connectivity index (χ0v) is 8.59. The molecule has 3 heteroatoms. The molecule has 1 aromatic rings. The Morgan fingerprint density at radius 1 is 1.47 bits per heavy atom. The van der Waals surface area contributed by atoms with Crippen LogP contribution >= 0.6 is 0 Å². The third-order valence-corrected chi connectivity index (χ3v) is 1.85. The molecule has 0 aromatic heterocycles. The second-order valence-electron chi connectivity index (χ2n) is 2.94. The molecule has 1 rings (SSSR count). The van der Waals surface area contributed by atoms with Gasteiger partial charge in [-0.1, -0.05) is 0 Å². The van der Waals surface area contributed by atoms with Crippen molar-refractivity contribution in [1.82, 2.24) is 0 Å². The molecule has 0 saturated heterocycles. The number of ether oxygens (including phenoxy) is 1. The Morgan fingerprint density at radius 3 is 2.93 bits per heavy atom. The first kappa shape index (κ1) is 11.5. The molecular formula is C12H13FO2. The van der Waals surface area contributed by atoms with Crippen molar-refractivity contribution >= 4 is 0 Å². The first-order valence-electron chi connectivity index (χ1n) is 4.69. The Kier molecular flexibility index (Phi) is 4.65. The lowest BCUT2D eigenvalue weighted by atomic mass is 10.2. The fourth-order valence-electron chi connectivity index (χ4n) is 1.15. The van der Waals surface area contributed by atoms with Crippen LogP contribution in [0.2, 0.25) is 0 Å². The van der Waals surface area contributed by atoms with E-state index in [2.05, 4.69) is 11.8 Å². The summed E-state index contributed by atoms with van der Waals surface area (Å²) in [5.41, 5.74) is 0.458. The van der Waals surface area contributed by atoms with Crippen molar-refractivity contribution in [3.63, 3.8) is 0 Å². The molecule has 0 aliphatic heterocycles. The molecule has 0 bridgehead atoms. The second-order valence-corrected chi connectivity index (χ2v) is 2.94. The van der Waals surface area contributed by atoms with Crippen molar-refractivity contribution in [3.05, 3.63) is 29.6 Å². The molecule has 1 N–H and O–H groups in total. The largest absolute Gasteiger partial charge is 0.492 e. The van der Waals surface area contributed by atoms with Crippen LogP contribution in [0.4, 0.5) is 4.39 Å². The van der Waals surface area contributed by atoms with Gasteiger partial charge in [0.15, 0.2) is 0 Å². The fourth-order valence-corrected chi connectivity index (χ4v) is 1.15. The topological polar surface area (TPSA) is 29.5 Å². The number of halogens is 1. The van der Waals surface area contributed by atoms with Gasteiger partial charge in [0.25, 0.3) is 0 Å². The lowest BCUT2D eigenvalue weighted by Gasteiger charge is -2.08. The summed E-state index contributed by atoms with van der Waals surface area (Å²) >= 11 is 0. The van der Waals surface area contributed by atoms with E-state index in [-0.39, 0.29) is 12.4 Å². The quantitative estimate of drug-likeness (QED) is 0.606. The molecule has 0 fully saturated rings. The van der Waals surface area contributed by atoms with Gasteiger partial charge in [-0.05, 0) is 25.1 Å². The van der Waals surface area contributed by atoms with Gasteiger partial charge in [-0.15, -0.1) is 11.8 Å². The summed E-state index contributed by atoms with van der Waals surface area (Å²) in [6.45, 7) is 1.98. The first-order valence-corrected chi connectivity index (χ1v) is 4.69. The van der Waals surface area contributed by atoms with Gasteiger partial charge in [-0.2, -0.15) is 0 Å². The van der Waals surface area contributed by atoms with E-state index in [1.54, 1.807) is 6.92 Å². The van der Waals surface area contributed by atoms with Crippen LogP contribution in [-0.4, -0.2) is 11.7 Å². The van der Waals surface area contributed by atoms with Gasteiger partial charge in [0.1, 0.15) is 11.6 Å². The molecule has 1 aromatic carbocycles. The van der Waals surface area contributed by atoms with Crippen LogP contribution in [0.25, 0.3) is 0 Å². The molecule has 0 saturated carbocycles. The van der Waals surface area contributed by atoms with E-state index in [1.165, 1.54) is 18.2 Å². The van der Waals surface area contributed by atoms with Crippen molar-refractivity contribution in [1.29, 1.82) is 0 Å². The molecule has 0 aliphatic carbocycles. The fraction of sp³-hybridized carbons (Fsp3) is 0.333. The average molecular weight is 208 g/mol. The molecule has 0 unspecified atom stereocenters. The minimum absolute atomic E-state index is 0.230. The standard InChI is InChI=1S/C12H13FO2/c1-2-3-4-7-15-12-6-5-11(13)8-10(12)9-14/h5-6,8,14H,4,7,9H2,1H3. The lowest BCUT2D eigenvalue weighted by molar-refractivity contribution is 0.264. The minimum atomic E-state index is -0.375. The maximum absolute atomic E-state index is 12.8. The van der Waals surface area contributed by atoms with Crippen LogP contribution in [0.15, 0.2) is 18.2 Å². The molecule has 0 heterocycles. The van der Waals surface area contributed by atoms with E-state index in [1.807, 2.05) is 0 Å². The van der Waals surface area contributed by atoms with Crippen molar-refractivity contribution in [2.45, 2.75) is 20.0 Å². The molecule has 0 atom stereocenters. The third kappa shape index (κ3) is 3.61. The first-order chi connectivity index (χ1) is 7.27. The zero-order chi connectivity index (χ0) is 11.1. The van der Waals surface area contributed by atoms with Crippen LogP contribution in [0.3, 0.4) is 0 Å². The van der Waals surface area contributed by atoms with E-state index in [4.69, 9.17) is 9.84 Å². The number of hydrogen-bond donors (Lipinski definition) is 1. The Bertz CT molecular complexity index is 377. The van der Waals surface area contributed by atoms with Gasteiger partial charge in [-0.3, -0.25) is 0 Å². The number of aliphatic hydroxyl groups is 1. The van der Waals surface area contributed by atoms with Crippen molar-refractivity contribution in [2.24, 2.45) is 0 Å². The van der Waals surface area contributed by atoms with E-state index in [9.17, 15) is 4.39 Å². The predicted octanol–water partition coefficient (Wildman–Crippen LogP) is 2.11. The predicted molar refractivity (Wildman–Crippen MR) is 55.9 cm³/mol. The number of rotatable bonds is 4. The van der Waals surface area contributed by atoms with E-state index in [0.29, 0.717) is 24.3 Å². The summed E-state index contributed by atoms with van der Waals surface area (Å²) in [5.74, 6) is 5.74.